The van der Waals surface area contributed by atoms with E-state index in [2.05, 4.69) is 32.9 Å². The van der Waals surface area contributed by atoms with Crippen LogP contribution in [-0.2, 0) is 4.74 Å². The zero-order valence-corrected chi connectivity index (χ0v) is 11.6. The molecule has 4 aliphatic rings. The van der Waals surface area contributed by atoms with Crippen molar-refractivity contribution < 1.29 is 9.84 Å². The highest BCUT2D eigenvalue weighted by atomic mass is 16.5. The van der Waals surface area contributed by atoms with Gasteiger partial charge in [-0.25, -0.2) is 0 Å². The Kier molecular flexibility index (Phi) is 2.52. The van der Waals surface area contributed by atoms with E-state index >= 15 is 0 Å². The van der Waals surface area contributed by atoms with Gasteiger partial charge < -0.3 is 15.6 Å². The van der Waals surface area contributed by atoms with Crippen LogP contribution in [-0.4, -0.2) is 28.5 Å². The minimum Gasteiger partial charge on any atom is -0.396 e. The van der Waals surface area contributed by atoms with Crippen LogP contribution in [0.15, 0.2) is 12.2 Å². The molecule has 2 aliphatic heterocycles. The molecule has 0 aromatic heterocycles. The third-order valence-corrected chi connectivity index (χ3v) is 5.68. The van der Waals surface area contributed by atoms with Crippen molar-refractivity contribution in [2.75, 3.05) is 6.61 Å². The van der Waals surface area contributed by atoms with Gasteiger partial charge in [-0.3, -0.25) is 0 Å². The molecule has 4 rings (SSSR count). The molecule has 2 aliphatic carbocycles. The molecule has 2 bridgehead atoms. The standard InChI is InChI=1S/C15H25NO2/c1-13(2)11-6-8-14(3,18-13)12-5-4-10(7-9-17)15(11,12)16/h4-5,10-12,17H,6-9,16H2,1-3H3. The Morgan fingerprint density at radius 2 is 2.06 bits per heavy atom. The average molecular weight is 251 g/mol. The first-order chi connectivity index (χ1) is 8.34. The molecule has 3 N–H and O–H groups in total. The van der Waals surface area contributed by atoms with Crippen molar-refractivity contribution in [2.24, 2.45) is 23.5 Å². The number of aliphatic hydroxyl groups is 1. The number of hydrogen-bond acceptors (Lipinski definition) is 3. The molecule has 0 radical (unpaired) electrons. The number of hydrogen-bond donors (Lipinski definition) is 2. The van der Waals surface area contributed by atoms with Crippen LogP contribution >= 0.6 is 0 Å². The largest absolute Gasteiger partial charge is 0.396 e. The predicted molar refractivity (Wildman–Crippen MR) is 71.0 cm³/mol. The van der Waals surface area contributed by atoms with Crippen LogP contribution in [0.4, 0.5) is 0 Å². The second-order valence-electron chi connectivity index (χ2n) is 7.09. The molecule has 0 aromatic carbocycles. The smallest absolute Gasteiger partial charge is 0.0742 e. The molecule has 3 nitrogen and oxygen atoms in total. The summed E-state index contributed by atoms with van der Waals surface area (Å²) in [5.74, 6) is 0.969. The van der Waals surface area contributed by atoms with Gasteiger partial charge in [-0.15, -0.1) is 0 Å². The lowest BCUT2D eigenvalue weighted by molar-refractivity contribution is -0.279. The minimum atomic E-state index is -0.225. The number of fused-ring (bicyclic) bond motifs is 2. The van der Waals surface area contributed by atoms with Gasteiger partial charge in [0.2, 0.25) is 0 Å². The van der Waals surface area contributed by atoms with Crippen molar-refractivity contribution in [3.63, 3.8) is 0 Å². The first kappa shape index (κ1) is 12.6. The van der Waals surface area contributed by atoms with E-state index in [9.17, 15) is 5.11 Å². The summed E-state index contributed by atoms with van der Waals surface area (Å²) in [4.78, 5) is 0. The van der Waals surface area contributed by atoms with Crippen LogP contribution < -0.4 is 5.73 Å². The lowest BCUT2D eigenvalue weighted by atomic mass is 9.52. The van der Waals surface area contributed by atoms with Crippen molar-refractivity contribution >= 4 is 0 Å². The average Bonchev–Trinajstić information content (AvgIpc) is 2.57. The van der Waals surface area contributed by atoms with E-state index in [1.165, 1.54) is 0 Å². The maximum atomic E-state index is 9.28. The lowest BCUT2D eigenvalue weighted by Gasteiger charge is -2.65. The van der Waals surface area contributed by atoms with Gasteiger partial charge in [-0.1, -0.05) is 12.2 Å². The highest BCUT2D eigenvalue weighted by Gasteiger charge is 2.67. The molecule has 5 unspecified atom stereocenters. The molecule has 102 valence electrons. The van der Waals surface area contributed by atoms with Crippen molar-refractivity contribution in [3.05, 3.63) is 12.2 Å². The fourth-order valence-corrected chi connectivity index (χ4v) is 5.07. The zero-order valence-electron chi connectivity index (χ0n) is 11.6. The maximum Gasteiger partial charge on any atom is 0.0742 e. The Labute approximate surface area is 109 Å². The second kappa shape index (κ2) is 3.59. The van der Waals surface area contributed by atoms with Gasteiger partial charge in [-0.05, 0) is 46.0 Å². The van der Waals surface area contributed by atoms with Gasteiger partial charge in [0.1, 0.15) is 0 Å². The summed E-state index contributed by atoms with van der Waals surface area (Å²) < 4.78 is 6.37. The molecule has 3 heteroatoms. The van der Waals surface area contributed by atoms with E-state index in [0.717, 1.165) is 19.3 Å². The van der Waals surface area contributed by atoms with Crippen LogP contribution in [0.1, 0.15) is 40.0 Å². The van der Waals surface area contributed by atoms with Crippen LogP contribution in [0, 0.1) is 17.8 Å². The Balaban J connectivity index is 2.04. The summed E-state index contributed by atoms with van der Waals surface area (Å²) in [6, 6.07) is 0. The van der Waals surface area contributed by atoms with Crippen molar-refractivity contribution in [1.29, 1.82) is 0 Å². The van der Waals surface area contributed by atoms with Gasteiger partial charge in [0.25, 0.3) is 0 Å². The molecule has 2 saturated heterocycles. The first-order valence-electron chi connectivity index (χ1n) is 7.13. The Hall–Kier alpha value is -0.380. The van der Waals surface area contributed by atoms with Crippen molar-refractivity contribution in [2.45, 2.75) is 56.8 Å². The Bertz CT molecular complexity index is 392. The Morgan fingerprint density at radius 3 is 2.67 bits per heavy atom. The summed E-state index contributed by atoms with van der Waals surface area (Å²) in [6.07, 6.45) is 7.48. The molecular weight excluding hydrogens is 226 g/mol. The van der Waals surface area contributed by atoms with Gasteiger partial charge in [-0.2, -0.15) is 0 Å². The summed E-state index contributed by atoms with van der Waals surface area (Å²) >= 11 is 0. The lowest BCUT2D eigenvalue weighted by Crippen LogP contribution is -2.75. The van der Waals surface area contributed by atoms with E-state index in [4.69, 9.17) is 10.5 Å². The third kappa shape index (κ3) is 1.36. The fraction of sp³-hybridized carbons (Fsp3) is 0.867. The first-order valence-corrected chi connectivity index (χ1v) is 7.13. The van der Waals surface area contributed by atoms with E-state index in [0.29, 0.717) is 17.8 Å². The van der Waals surface area contributed by atoms with Crippen molar-refractivity contribution in [1.82, 2.24) is 0 Å². The summed E-state index contributed by atoms with van der Waals surface area (Å²) in [5, 5.41) is 9.28. The number of rotatable bonds is 2. The van der Waals surface area contributed by atoms with Gasteiger partial charge >= 0.3 is 0 Å². The Morgan fingerprint density at radius 1 is 1.33 bits per heavy atom. The molecule has 0 spiro atoms. The number of nitrogens with two attached hydrogens (primary N) is 1. The fourth-order valence-electron chi connectivity index (χ4n) is 5.07. The van der Waals surface area contributed by atoms with Crippen molar-refractivity contribution in [3.8, 4) is 0 Å². The second-order valence-corrected chi connectivity index (χ2v) is 7.09. The summed E-state index contributed by atoms with van der Waals surface area (Å²) in [5.41, 5.74) is 6.38. The minimum absolute atomic E-state index is 0.131. The van der Waals surface area contributed by atoms with E-state index < -0.39 is 0 Å². The van der Waals surface area contributed by atoms with E-state index in [-0.39, 0.29) is 23.3 Å². The number of aliphatic hydroxyl groups excluding tert-OH is 1. The molecule has 0 aromatic rings. The SMILES string of the molecule is CC1(C)OC2(C)CCC1C1(N)C(CCO)C=CC21. The monoisotopic (exact) mass is 251 g/mol. The van der Waals surface area contributed by atoms with Gasteiger partial charge in [0.05, 0.1) is 11.2 Å². The highest BCUT2D eigenvalue weighted by Crippen LogP contribution is 2.61. The molecule has 5 atom stereocenters. The third-order valence-electron chi connectivity index (χ3n) is 5.68. The predicted octanol–water partition coefficient (Wildman–Crippen LogP) is 1.85. The molecule has 2 heterocycles. The maximum absolute atomic E-state index is 9.28. The van der Waals surface area contributed by atoms with Crippen LogP contribution in [0.2, 0.25) is 0 Å². The van der Waals surface area contributed by atoms with Crippen LogP contribution in [0.3, 0.4) is 0 Å². The van der Waals surface area contributed by atoms with Gasteiger partial charge in [0, 0.05) is 24.0 Å². The molecular formula is C15H25NO2. The molecule has 1 saturated carbocycles. The van der Waals surface area contributed by atoms with Gasteiger partial charge in [0.15, 0.2) is 0 Å². The molecule has 0 amide bonds. The number of ether oxygens (including phenoxy) is 1. The zero-order chi connectivity index (χ0) is 13.2. The quantitative estimate of drug-likeness (QED) is 0.736. The summed E-state index contributed by atoms with van der Waals surface area (Å²) in [7, 11) is 0. The highest BCUT2D eigenvalue weighted by molar-refractivity contribution is 5.30. The normalized spacial score (nSPS) is 52.6. The summed E-state index contributed by atoms with van der Waals surface area (Å²) in [6.45, 7) is 6.77. The molecule has 3 fully saturated rings. The van der Waals surface area contributed by atoms with E-state index in [1.54, 1.807) is 0 Å². The van der Waals surface area contributed by atoms with E-state index in [1.807, 2.05) is 0 Å². The van der Waals surface area contributed by atoms with Crippen LogP contribution in [0.5, 0.6) is 0 Å². The van der Waals surface area contributed by atoms with Crippen LogP contribution in [0.25, 0.3) is 0 Å². The topological polar surface area (TPSA) is 55.5 Å². The molecule has 18 heavy (non-hydrogen) atoms.